The van der Waals surface area contributed by atoms with Crippen LogP contribution in [0.15, 0.2) is 0 Å². The number of unbranched alkanes of at least 4 members (excludes halogenated alkanes) is 9. The highest BCUT2D eigenvalue weighted by Gasteiger charge is 1.91. The second kappa shape index (κ2) is 15.4. The molecule has 1 nitrogen and oxygen atoms in total. The van der Waals surface area contributed by atoms with Gasteiger partial charge in [-0.15, -0.1) is 0 Å². The highest BCUT2D eigenvalue weighted by Crippen LogP contribution is 2.10. The Kier molecular flexibility index (Phi) is 14.8. The van der Waals surface area contributed by atoms with Crippen molar-refractivity contribution < 1.29 is 4.74 Å². The summed E-state index contributed by atoms with van der Waals surface area (Å²) >= 11 is 0. The lowest BCUT2D eigenvalue weighted by molar-refractivity contribution is 0.277. The third kappa shape index (κ3) is 15.4. The van der Waals surface area contributed by atoms with E-state index in [0.29, 0.717) is 0 Å². The van der Waals surface area contributed by atoms with Gasteiger partial charge in [0.25, 0.3) is 0 Å². The van der Waals surface area contributed by atoms with Gasteiger partial charge in [0.2, 0.25) is 0 Å². The summed E-state index contributed by atoms with van der Waals surface area (Å²) in [5.41, 5.74) is 0. The van der Waals surface area contributed by atoms with Crippen molar-refractivity contribution in [2.75, 3.05) is 6.61 Å². The van der Waals surface area contributed by atoms with E-state index >= 15 is 0 Å². The predicted molar refractivity (Wildman–Crippen MR) is 75.9 cm³/mol. The summed E-state index contributed by atoms with van der Waals surface area (Å²) in [6.07, 6.45) is 17.2. The summed E-state index contributed by atoms with van der Waals surface area (Å²) in [4.78, 5) is 0. The Labute approximate surface area is 108 Å². The molecule has 0 fully saturated rings. The average Bonchev–Trinajstić information content (AvgIpc) is 2.35. The highest BCUT2D eigenvalue weighted by molar-refractivity contribution is 4.90. The van der Waals surface area contributed by atoms with Gasteiger partial charge >= 0.3 is 0 Å². The van der Waals surface area contributed by atoms with Crippen molar-refractivity contribution in [2.45, 2.75) is 84.5 Å². The largest absolute Gasteiger partial charge is 0.447 e. The lowest BCUT2D eigenvalue weighted by Crippen LogP contribution is -1.83. The van der Waals surface area contributed by atoms with E-state index in [-0.39, 0.29) is 0 Å². The first-order chi connectivity index (χ1) is 8.41. The minimum Gasteiger partial charge on any atom is -0.447 e. The zero-order valence-electron chi connectivity index (χ0n) is 11.9. The standard InChI is InChI=1S/C16H30O/c1-3-5-6-7-8-9-10-11-12-13-14-16-17-15-4-2/h3-13,15H2,1-2H3. The summed E-state index contributed by atoms with van der Waals surface area (Å²) in [5, 5.41) is 0. The molecule has 0 saturated carbocycles. The van der Waals surface area contributed by atoms with Crippen molar-refractivity contribution in [1.29, 1.82) is 0 Å². The number of hydrogen-bond acceptors (Lipinski definition) is 1. The molecule has 17 heavy (non-hydrogen) atoms. The van der Waals surface area contributed by atoms with Crippen molar-refractivity contribution in [3.8, 4) is 12.0 Å². The quantitative estimate of drug-likeness (QED) is 0.351. The third-order valence-corrected chi connectivity index (χ3v) is 2.86. The molecule has 0 rings (SSSR count). The van der Waals surface area contributed by atoms with Crippen LogP contribution in [0.25, 0.3) is 0 Å². The topological polar surface area (TPSA) is 9.23 Å². The molecule has 100 valence electrons. The average molecular weight is 238 g/mol. The maximum absolute atomic E-state index is 5.10. The van der Waals surface area contributed by atoms with Crippen LogP contribution in [0.4, 0.5) is 0 Å². The molecule has 0 amide bonds. The molecular formula is C16H30O. The molecule has 0 atom stereocenters. The fourth-order valence-electron chi connectivity index (χ4n) is 1.78. The van der Waals surface area contributed by atoms with Crippen LogP contribution in [0.3, 0.4) is 0 Å². The van der Waals surface area contributed by atoms with E-state index in [1.807, 2.05) is 0 Å². The van der Waals surface area contributed by atoms with Crippen molar-refractivity contribution in [3.05, 3.63) is 0 Å². The predicted octanol–water partition coefficient (Wildman–Crippen LogP) is 5.29. The van der Waals surface area contributed by atoms with Crippen LogP contribution < -0.4 is 0 Å². The fraction of sp³-hybridized carbons (Fsp3) is 0.875. The van der Waals surface area contributed by atoms with Gasteiger partial charge in [-0.2, -0.15) is 0 Å². The van der Waals surface area contributed by atoms with E-state index in [9.17, 15) is 0 Å². The van der Waals surface area contributed by atoms with Gasteiger partial charge < -0.3 is 4.74 Å². The molecule has 0 aromatic rings. The normalized spacial score (nSPS) is 9.76. The maximum Gasteiger partial charge on any atom is 0.110 e. The highest BCUT2D eigenvalue weighted by atomic mass is 16.5. The lowest BCUT2D eigenvalue weighted by atomic mass is 10.1. The van der Waals surface area contributed by atoms with Gasteiger partial charge in [-0.25, -0.2) is 0 Å². The SMILES string of the molecule is CCCCCCCCCCCC#COCCC. The van der Waals surface area contributed by atoms with Gasteiger partial charge in [0.05, 0.1) is 6.61 Å². The summed E-state index contributed by atoms with van der Waals surface area (Å²) in [7, 11) is 0. The van der Waals surface area contributed by atoms with Crippen LogP contribution in [0, 0.1) is 12.0 Å². The van der Waals surface area contributed by atoms with Crippen molar-refractivity contribution in [1.82, 2.24) is 0 Å². The van der Waals surface area contributed by atoms with Gasteiger partial charge in [0.1, 0.15) is 6.11 Å². The molecular weight excluding hydrogens is 208 g/mol. The zero-order chi connectivity index (χ0) is 12.6. The minimum atomic E-state index is 0.769. The van der Waals surface area contributed by atoms with Crippen LogP contribution in [0.5, 0.6) is 0 Å². The molecule has 0 bridgehead atoms. The monoisotopic (exact) mass is 238 g/mol. The van der Waals surface area contributed by atoms with Crippen LogP contribution in [0.1, 0.15) is 84.5 Å². The molecule has 0 radical (unpaired) electrons. The second-order valence-corrected chi connectivity index (χ2v) is 4.71. The molecule has 0 saturated heterocycles. The summed E-state index contributed by atoms with van der Waals surface area (Å²) in [6, 6.07) is 0. The Balaban J connectivity index is 2.99. The van der Waals surface area contributed by atoms with Gasteiger partial charge in [-0.1, -0.05) is 71.1 Å². The van der Waals surface area contributed by atoms with Gasteiger partial charge in [-0.3, -0.25) is 0 Å². The molecule has 0 spiro atoms. The zero-order valence-corrected chi connectivity index (χ0v) is 11.9. The van der Waals surface area contributed by atoms with Gasteiger partial charge in [-0.05, 0) is 12.8 Å². The van der Waals surface area contributed by atoms with Gasteiger partial charge in [0, 0.05) is 6.42 Å². The Morgan fingerprint density at radius 3 is 1.88 bits per heavy atom. The first kappa shape index (κ1) is 16.4. The maximum atomic E-state index is 5.10. The molecule has 0 N–H and O–H groups in total. The van der Waals surface area contributed by atoms with E-state index in [4.69, 9.17) is 4.74 Å². The van der Waals surface area contributed by atoms with Crippen LogP contribution in [-0.2, 0) is 4.74 Å². The minimum absolute atomic E-state index is 0.769. The molecule has 0 aliphatic carbocycles. The van der Waals surface area contributed by atoms with Crippen molar-refractivity contribution in [2.24, 2.45) is 0 Å². The fourth-order valence-corrected chi connectivity index (χ4v) is 1.78. The smallest absolute Gasteiger partial charge is 0.110 e. The van der Waals surface area contributed by atoms with Crippen molar-refractivity contribution in [3.63, 3.8) is 0 Å². The Bertz CT molecular complexity index is 187. The number of hydrogen-bond donors (Lipinski definition) is 0. The molecule has 1 heteroatoms. The molecule has 0 aliphatic heterocycles. The summed E-state index contributed by atoms with van der Waals surface area (Å²) < 4.78 is 5.10. The van der Waals surface area contributed by atoms with E-state index in [1.165, 1.54) is 57.8 Å². The second-order valence-electron chi connectivity index (χ2n) is 4.71. The molecule has 0 aromatic carbocycles. The Morgan fingerprint density at radius 2 is 1.29 bits per heavy atom. The molecule has 0 aromatic heterocycles. The van der Waals surface area contributed by atoms with E-state index in [1.54, 1.807) is 0 Å². The Morgan fingerprint density at radius 1 is 0.706 bits per heavy atom. The molecule has 0 unspecified atom stereocenters. The van der Waals surface area contributed by atoms with Crippen LogP contribution in [-0.4, -0.2) is 6.61 Å². The van der Waals surface area contributed by atoms with Crippen molar-refractivity contribution >= 4 is 0 Å². The summed E-state index contributed by atoms with van der Waals surface area (Å²) in [6.45, 7) is 5.14. The van der Waals surface area contributed by atoms with E-state index in [0.717, 1.165) is 19.4 Å². The Hall–Kier alpha value is -0.640. The first-order valence-electron chi connectivity index (χ1n) is 7.51. The summed E-state index contributed by atoms with van der Waals surface area (Å²) in [5.74, 6) is 3.07. The van der Waals surface area contributed by atoms with Gasteiger partial charge in [0.15, 0.2) is 0 Å². The number of ether oxygens (including phenoxy) is 1. The third-order valence-electron chi connectivity index (χ3n) is 2.86. The van der Waals surface area contributed by atoms with E-state index < -0.39 is 0 Å². The van der Waals surface area contributed by atoms with Crippen LogP contribution >= 0.6 is 0 Å². The molecule has 0 heterocycles. The number of rotatable bonds is 11. The van der Waals surface area contributed by atoms with E-state index in [2.05, 4.69) is 25.9 Å². The lowest BCUT2D eigenvalue weighted by Gasteiger charge is -2.00. The van der Waals surface area contributed by atoms with Crippen LogP contribution in [0.2, 0.25) is 0 Å². The first-order valence-corrected chi connectivity index (χ1v) is 7.51. The molecule has 0 aliphatic rings.